The fourth-order valence-corrected chi connectivity index (χ4v) is 2.79. The van der Waals surface area contributed by atoms with E-state index in [0.717, 1.165) is 0 Å². The number of nitrogens with zero attached hydrogens (tertiary/aromatic N) is 1. The molecule has 0 spiro atoms. The number of hydrogen-bond donors (Lipinski definition) is 1. The smallest absolute Gasteiger partial charge is 0.266 e. The predicted molar refractivity (Wildman–Crippen MR) is 113 cm³/mol. The summed E-state index contributed by atoms with van der Waals surface area (Å²) in [5.74, 6) is 2.16. The molecule has 1 heterocycles. The maximum absolute atomic E-state index is 12.6. The molecule has 0 saturated heterocycles. The average molecular weight is 408 g/mol. The minimum Gasteiger partial charge on any atom is -0.493 e. The molecule has 0 aliphatic carbocycles. The monoisotopic (exact) mass is 408 g/mol. The largest absolute Gasteiger partial charge is 0.493 e. The van der Waals surface area contributed by atoms with Gasteiger partial charge in [0.1, 0.15) is 24.9 Å². The normalized spacial score (nSPS) is 12.8. The number of ether oxygens (including phenoxy) is 4. The summed E-state index contributed by atoms with van der Waals surface area (Å²) in [6.45, 7) is 5.56. The lowest BCUT2D eigenvalue weighted by Gasteiger charge is -2.18. The van der Waals surface area contributed by atoms with Crippen LogP contribution >= 0.6 is 0 Å². The van der Waals surface area contributed by atoms with Crippen LogP contribution in [0.4, 0.5) is 5.69 Å². The van der Waals surface area contributed by atoms with Gasteiger partial charge in [-0.05, 0) is 41.8 Å². The molecular formula is C23H24N2O5. The highest BCUT2D eigenvalue weighted by molar-refractivity contribution is 6.09. The first-order chi connectivity index (χ1) is 14.5. The number of amides is 1. The number of anilines is 1. The Hall–Kier alpha value is -3.66. The zero-order chi connectivity index (χ0) is 21.5. The van der Waals surface area contributed by atoms with Gasteiger partial charge in [-0.3, -0.25) is 4.79 Å². The van der Waals surface area contributed by atoms with E-state index in [2.05, 4.69) is 5.32 Å². The molecule has 0 atom stereocenters. The van der Waals surface area contributed by atoms with Crippen molar-refractivity contribution in [3.8, 4) is 29.1 Å². The summed E-state index contributed by atoms with van der Waals surface area (Å²) >= 11 is 0. The van der Waals surface area contributed by atoms with Crippen LogP contribution in [0.2, 0.25) is 0 Å². The second kappa shape index (κ2) is 9.70. The van der Waals surface area contributed by atoms with Crippen LogP contribution in [0.25, 0.3) is 6.08 Å². The molecule has 0 aromatic heterocycles. The van der Waals surface area contributed by atoms with E-state index in [1.165, 1.54) is 6.08 Å². The molecular weight excluding hydrogens is 384 g/mol. The molecule has 3 rings (SSSR count). The summed E-state index contributed by atoms with van der Waals surface area (Å²) in [7, 11) is 1.56. The minimum absolute atomic E-state index is 0.0372. The number of hydrogen-bond acceptors (Lipinski definition) is 6. The molecule has 0 unspecified atom stereocenters. The Morgan fingerprint density at radius 1 is 1.17 bits per heavy atom. The molecule has 1 aliphatic heterocycles. The lowest BCUT2D eigenvalue weighted by atomic mass is 10.1. The van der Waals surface area contributed by atoms with E-state index in [9.17, 15) is 10.1 Å². The van der Waals surface area contributed by atoms with E-state index in [1.54, 1.807) is 43.5 Å². The van der Waals surface area contributed by atoms with E-state index in [1.807, 2.05) is 19.9 Å². The third-order valence-electron chi connectivity index (χ3n) is 4.24. The first kappa shape index (κ1) is 21.1. The Balaban J connectivity index is 1.78. The van der Waals surface area contributed by atoms with Gasteiger partial charge in [-0.2, -0.15) is 5.26 Å². The van der Waals surface area contributed by atoms with Gasteiger partial charge >= 0.3 is 0 Å². The number of fused-ring (bicyclic) bond motifs is 1. The van der Waals surface area contributed by atoms with Gasteiger partial charge in [-0.15, -0.1) is 0 Å². The quantitative estimate of drug-likeness (QED) is 0.549. The van der Waals surface area contributed by atoms with Crippen LogP contribution in [0.15, 0.2) is 42.0 Å². The molecule has 0 saturated carbocycles. The second-order valence-corrected chi connectivity index (χ2v) is 7.10. The van der Waals surface area contributed by atoms with Crippen molar-refractivity contribution in [1.29, 1.82) is 5.26 Å². The second-order valence-electron chi connectivity index (χ2n) is 7.10. The summed E-state index contributed by atoms with van der Waals surface area (Å²) < 4.78 is 22.1. The fraction of sp³-hybridized carbons (Fsp3) is 0.304. The van der Waals surface area contributed by atoms with Gasteiger partial charge in [0.2, 0.25) is 0 Å². The summed E-state index contributed by atoms with van der Waals surface area (Å²) in [5, 5.41) is 12.2. The minimum atomic E-state index is -0.519. The number of methoxy groups -OCH3 is 1. The lowest BCUT2D eigenvalue weighted by molar-refractivity contribution is -0.112. The van der Waals surface area contributed by atoms with Crippen LogP contribution in [0.3, 0.4) is 0 Å². The van der Waals surface area contributed by atoms with Gasteiger partial charge in [0.25, 0.3) is 5.91 Å². The van der Waals surface area contributed by atoms with Gasteiger partial charge in [0, 0.05) is 11.8 Å². The lowest BCUT2D eigenvalue weighted by Crippen LogP contribution is -2.17. The van der Waals surface area contributed by atoms with Gasteiger partial charge in [-0.25, -0.2) is 0 Å². The van der Waals surface area contributed by atoms with Crippen LogP contribution in [0.5, 0.6) is 23.0 Å². The number of carbonyl (C=O) groups is 1. The molecule has 7 heteroatoms. The summed E-state index contributed by atoms with van der Waals surface area (Å²) in [6, 6.07) is 12.3. The third kappa shape index (κ3) is 5.23. The maximum atomic E-state index is 12.6. The molecule has 1 N–H and O–H groups in total. The predicted octanol–water partition coefficient (Wildman–Crippen LogP) is 4.05. The molecule has 0 bridgehead atoms. The van der Waals surface area contributed by atoms with Gasteiger partial charge < -0.3 is 24.3 Å². The topological polar surface area (TPSA) is 89.8 Å². The Kier molecular flexibility index (Phi) is 6.81. The molecule has 0 radical (unpaired) electrons. The highest BCUT2D eigenvalue weighted by Crippen LogP contribution is 2.33. The summed E-state index contributed by atoms with van der Waals surface area (Å²) in [6.07, 6.45) is 1.51. The molecule has 0 fully saturated rings. The van der Waals surface area contributed by atoms with Gasteiger partial charge in [0.15, 0.2) is 23.0 Å². The zero-order valence-corrected chi connectivity index (χ0v) is 17.2. The SMILES string of the molecule is COc1ccc(/C=C(\C#N)C(=O)Nc2ccc3c(c2)OCCO3)cc1OCC(C)C. The van der Waals surface area contributed by atoms with Crippen LogP contribution < -0.4 is 24.3 Å². The van der Waals surface area contributed by atoms with Crippen molar-refractivity contribution < 1.29 is 23.7 Å². The Labute approximate surface area is 175 Å². The molecule has 156 valence electrons. The van der Waals surface area contributed by atoms with Crippen LogP contribution in [0, 0.1) is 17.2 Å². The van der Waals surface area contributed by atoms with Crippen molar-refractivity contribution in [2.45, 2.75) is 13.8 Å². The van der Waals surface area contributed by atoms with Crippen LogP contribution in [-0.2, 0) is 4.79 Å². The number of nitrogens with one attached hydrogen (secondary N) is 1. The third-order valence-corrected chi connectivity index (χ3v) is 4.24. The van der Waals surface area contributed by atoms with Crippen molar-refractivity contribution in [2.24, 2.45) is 5.92 Å². The number of benzene rings is 2. The highest BCUT2D eigenvalue weighted by atomic mass is 16.6. The molecule has 1 amide bonds. The standard InChI is InChI=1S/C23H24N2O5/c1-15(2)14-30-21-11-16(4-6-19(21)27-3)10-17(13-24)23(26)25-18-5-7-20-22(12-18)29-9-8-28-20/h4-7,10-12,15H,8-9,14H2,1-3H3,(H,25,26)/b17-10+. The first-order valence-corrected chi connectivity index (χ1v) is 9.63. The van der Waals surface area contributed by atoms with Crippen LogP contribution in [-0.4, -0.2) is 32.8 Å². The molecule has 30 heavy (non-hydrogen) atoms. The van der Waals surface area contributed by atoms with E-state index >= 15 is 0 Å². The van der Waals surface area contributed by atoms with E-state index in [0.29, 0.717) is 60.0 Å². The van der Waals surface area contributed by atoms with Gasteiger partial charge in [0.05, 0.1) is 13.7 Å². The molecule has 7 nitrogen and oxygen atoms in total. The number of nitriles is 1. The summed E-state index contributed by atoms with van der Waals surface area (Å²) in [4.78, 5) is 12.6. The Morgan fingerprint density at radius 3 is 2.63 bits per heavy atom. The molecule has 2 aromatic rings. The van der Waals surface area contributed by atoms with Crippen molar-refractivity contribution in [1.82, 2.24) is 0 Å². The van der Waals surface area contributed by atoms with Crippen molar-refractivity contribution in [3.05, 3.63) is 47.5 Å². The van der Waals surface area contributed by atoms with Crippen molar-refractivity contribution in [2.75, 3.05) is 32.2 Å². The van der Waals surface area contributed by atoms with E-state index in [4.69, 9.17) is 18.9 Å². The average Bonchev–Trinajstić information content (AvgIpc) is 2.75. The van der Waals surface area contributed by atoms with E-state index < -0.39 is 5.91 Å². The molecule has 1 aliphatic rings. The zero-order valence-electron chi connectivity index (χ0n) is 17.2. The van der Waals surface area contributed by atoms with Crippen molar-refractivity contribution in [3.63, 3.8) is 0 Å². The number of carbonyl (C=O) groups excluding carboxylic acids is 1. The highest BCUT2D eigenvalue weighted by Gasteiger charge is 2.15. The van der Waals surface area contributed by atoms with Crippen LogP contribution in [0.1, 0.15) is 19.4 Å². The Morgan fingerprint density at radius 2 is 1.93 bits per heavy atom. The summed E-state index contributed by atoms with van der Waals surface area (Å²) in [5.41, 5.74) is 1.13. The fourth-order valence-electron chi connectivity index (χ4n) is 2.79. The first-order valence-electron chi connectivity index (χ1n) is 9.63. The van der Waals surface area contributed by atoms with Gasteiger partial charge in [-0.1, -0.05) is 19.9 Å². The van der Waals surface area contributed by atoms with Crippen molar-refractivity contribution >= 4 is 17.7 Å². The Bertz CT molecular complexity index is 992. The number of rotatable bonds is 7. The molecule has 2 aromatic carbocycles. The maximum Gasteiger partial charge on any atom is 0.266 e. The van der Waals surface area contributed by atoms with E-state index in [-0.39, 0.29) is 5.57 Å².